The first-order valence-corrected chi connectivity index (χ1v) is 7.66. The van der Waals surface area contributed by atoms with Gasteiger partial charge in [0.25, 0.3) is 0 Å². The van der Waals surface area contributed by atoms with E-state index in [1.165, 1.54) is 0 Å². The van der Waals surface area contributed by atoms with Crippen LogP contribution in [0.2, 0.25) is 0 Å². The standard InChI is InChI=1S/C18H16N2O5/c21-17(22)14(10-16-19-13-8-4-5-9-15(13)25-16)20-18(23)24-11-12-6-2-1-3-7-12/h1-9,14H,10-11H2,(H,20,23)(H,21,22)/t14-/m0/s1. The molecule has 0 radical (unpaired) electrons. The highest BCUT2D eigenvalue weighted by Gasteiger charge is 2.23. The first-order chi connectivity index (χ1) is 12.1. The van der Waals surface area contributed by atoms with E-state index in [-0.39, 0.29) is 18.9 Å². The van der Waals surface area contributed by atoms with Crippen LogP contribution in [0.3, 0.4) is 0 Å². The maximum atomic E-state index is 11.8. The van der Waals surface area contributed by atoms with Crippen LogP contribution in [0.5, 0.6) is 0 Å². The smallest absolute Gasteiger partial charge is 0.408 e. The Kier molecular flexibility index (Phi) is 4.94. The Morgan fingerprint density at radius 1 is 1.12 bits per heavy atom. The van der Waals surface area contributed by atoms with Crippen LogP contribution in [0.4, 0.5) is 4.79 Å². The number of oxazole rings is 1. The van der Waals surface area contributed by atoms with Crippen molar-refractivity contribution < 1.29 is 23.8 Å². The molecule has 25 heavy (non-hydrogen) atoms. The van der Waals surface area contributed by atoms with Crippen molar-refractivity contribution in [2.45, 2.75) is 19.1 Å². The van der Waals surface area contributed by atoms with Gasteiger partial charge in [-0.05, 0) is 17.7 Å². The van der Waals surface area contributed by atoms with Crippen molar-refractivity contribution in [2.24, 2.45) is 0 Å². The second-order valence-corrected chi connectivity index (χ2v) is 5.38. The summed E-state index contributed by atoms with van der Waals surface area (Å²) >= 11 is 0. The molecule has 7 heteroatoms. The molecule has 1 amide bonds. The molecule has 0 aliphatic heterocycles. The van der Waals surface area contributed by atoms with Crippen LogP contribution in [0.1, 0.15) is 11.5 Å². The predicted molar refractivity (Wildman–Crippen MR) is 88.9 cm³/mol. The number of fused-ring (bicyclic) bond motifs is 1. The fourth-order valence-electron chi connectivity index (χ4n) is 2.29. The van der Waals surface area contributed by atoms with Crippen molar-refractivity contribution in [3.63, 3.8) is 0 Å². The van der Waals surface area contributed by atoms with Crippen molar-refractivity contribution >= 4 is 23.2 Å². The van der Waals surface area contributed by atoms with E-state index in [0.717, 1.165) is 5.56 Å². The van der Waals surface area contributed by atoms with E-state index in [0.29, 0.717) is 11.1 Å². The molecule has 3 aromatic rings. The molecule has 0 aliphatic carbocycles. The Hall–Kier alpha value is -3.35. The number of rotatable bonds is 6. The molecule has 0 aliphatic rings. The molecule has 3 rings (SSSR count). The maximum absolute atomic E-state index is 11.8. The summed E-state index contributed by atoms with van der Waals surface area (Å²) in [7, 11) is 0. The molecule has 128 valence electrons. The summed E-state index contributed by atoms with van der Waals surface area (Å²) in [6.07, 6.45) is -0.892. The van der Waals surface area contributed by atoms with Crippen LogP contribution in [-0.4, -0.2) is 28.2 Å². The Morgan fingerprint density at radius 2 is 1.84 bits per heavy atom. The van der Waals surface area contributed by atoms with Crippen molar-refractivity contribution in [3.8, 4) is 0 Å². The number of carboxylic acids is 1. The molecule has 1 atom stereocenters. The molecule has 0 saturated heterocycles. The summed E-state index contributed by atoms with van der Waals surface area (Å²) in [6, 6.07) is 15.0. The molecule has 2 N–H and O–H groups in total. The van der Waals surface area contributed by atoms with Gasteiger partial charge in [0.1, 0.15) is 18.2 Å². The molecule has 1 aromatic heterocycles. The van der Waals surface area contributed by atoms with E-state index in [2.05, 4.69) is 10.3 Å². The Labute approximate surface area is 143 Å². The lowest BCUT2D eigenvalue weighted by atomic mass is 10.2. The van der Waals surface area contributed by atoms with Crippen LogP contribution in [0, 0.1) is 0 Å². The number of alkyl carbamates (subject to hydrolysis) is 1. The number of carboxylic acid groups (broad SMARTS) is 1. The monoisotopic (exact) mass is 340 g/mol. The van der Waals surface area contributed by atoms with Gasteiger partial charge in [-0.2, -0.15) is 0 Å². The van der Waals surface area contributed by atoms with Gasteiger partial charge in [-0.15, -0.1) is 0 Å². The number of ether oxygens (including phenoxy) is 1. The van der Waals surface area contributed by atoms with Crippen LogP contribution in [-0.2, 0) is 22.6 Å². The zero-order valence-electron chi connectivity index (χ0n) is 13.2. The molecule has 7 nitrogen and oxygen atoms in total. The van der Waals surface area contributed by atoms with Crippen LogP contribution in [0.25, 0.3) is 11.1 Å². The minimum atomic E-state index is -1.20. The van der Waals surface area contributed by atoms with E-state index < -0.39 is 18.1 Å². The molecule has 1 heterocycles. The fraction of sp³-hybridized carbons (Fsp3) is 0.167. The largest absolute Gasteiger partial charge is 0.480 e. The van der Waals surface area contributed by atoms with E-state index >= 15 is 0 Å². The average Bonchev–Trinajstić information content (AvgIpc) is 3.02. The minimum absolute atomic E-state index is 0.0574. The molecule has 2 aromatic carbocycles. The number of aliphatic carboxylic acids is 1. The van der Waals surface area contributed by atoms with E-state index in [1.54, 1.807) is 30.3 Å². The van der Waals surface area contributed by atoms with Gasteiger partial charge in [-0.3, -0.25) is 0 Å². The number of hydrogen-bond acceptors (Lipinski definition) is 5. The normalized spacial score (nSPS) is 11.8. The molecule has 0 spiro atoms. The van der Waals surface area contributed by atoms with Gasteiger partial charge in [0.2, 0.25) is 0 Å². The summed E-state index contributed by atoms with van der Waals surface area (Å²) in [5.74, 6) is -0.962. The number of benzene rings is 2. The topological polar surface area (TPSA) is 102 Å². The van der Waals surface area contributed by atoms with Crippen molar-refractivity contribution in [2.75, 3.05) is 0 Å². The summed E-state index contributed by atoms with van der Waals surface area (Å²) in [5.41, 5.74) is 2.00. The lowest BCUT2D eigenvalue weighted by Crippen LogP contribution is -2.42. The van der Waals surface area contributed by atoms with Gasteiger partial charge in [0.05, 0.1) is 6.42 Å². The second-order valence-electron chi connectivity index (χ2n) is 5.38. The zero-order valence-corrected chi connectivity index (χ0v) is 13.2. The summed E-state index contributed by atoms with van der Waals surface area (Å²) in [6.45, 7) is 0.0574. The number of carbonyl (C=O) groups excluding carboxylic acids is 1. The summed E-state index contributed by atoms with van der Waals surface area (Å²) < 4.78 is 10.5. The number of nitrogens with zero attached hydrogens (tertiary/aromatic N) is 1. The second kappa shape index (κ2) is 7.48. The zero-order chi connectivity index (χ0) is 17.6. The van der Waals surface area contributed by atoms with Crippen LogP contribution < -0.4 is 5.32 Å². The summed E-state index contributed by atoms with van der Waals surface area (Å²) in [4.78, 5) is 27.4. The highest BCUT2D eigenvalue weighted by molar-refractivity contribution is 5.80. The number of nitrogens with one attached hydrogen (secondary N) is 1. The SMILES string of the molecule is O=C(N[C@@H](Cc1nc2ccccc2o1)C(=O)O)OCc1ccccc1. The first-order valence-electron chi connectivity index (χ1n) is 7.66. The Balaban J connectivity index is 1.60. The lowest BCUT2D eigenvalue weighted by Gasteiger charge is -2.13. The number of aromatic nitrogens is 1. The molecule has 0 saturated carbocycles. The molecule has 0 fully saturated rings. The number of carbonyl (C=O) groups is 2. The van der Waals surface area contributed by atoms with Gasteiger partial charge in [0, 0.05) is 0 Å². The molecule has 0 unspecified atom stereocenters. The van der Waals surface area contributed by atoms with Crippen LogP contribution in [0.15, 0.2) is 59.0 Å². The van der Waals surface area contributed by atoms with Gasteiger partial charge in [-0.25, -0.2) is 14.6 Å². The third-order valence-electron chi connectivity index (χ3n) is 3.52. The molecule has 0 bridgehead atoms. The quantitative estimate of drug-likeness (QED) is 0.715. The first kappa shape index (κ1) is 16.5. The third-order valence-corrected chi connectivity index (χ3v) is 3.52. The van der Waals surface area contributed by atoms with Gasteiger partial charge in [-0.1, -0.05) is 42.5 Å². The van der Waals surface area contributed by atoms with Crippen molar-refractivity contribution in [3.05, 3.63) is 66.1 Å². The van der Waals surface area contributed by atoms with Gasteiger partial charge in [0.15, 0.2) is 11.5 Å². The summed E-state index contributed by atoms with van der Waals surface area (Å²) in [5, 5.41) is 11.6. The predicted octanol–water partition coefficient (Wildman–Crippen LogP) is 2.75. The van der Waals surface area contributed by atoms with E-state index in [4.69, 9.17) is 9.15 Å². The Bertz CT molecular complexity index is 842. The minimum Gasteiger partial charge on any atom is -0.480 e. The van der Waals surface area contributed by atoms with Crippen LogP contribution >= 0.6 is 0 Å². The van der Waals surface area contributed by atoms with Crippen molar-refractivity contribution in [1.82, 2.24) is 10.3 Å². The Morgan fingerprint density at radius 3 is 2.56 bits per heavy atom. The maximum Gasteiger partial charge on any atom is 0.408 e. The van der Waals surface area contributed by atoms with Gasteiger partial charge >= 0.3 is 12.1 Å². The van der Waals surface area contributed by atoms with Gasteiger partial charge < -0.3 is 19.6 Å². The fourth-order valence-corrected chi connectivity index (χ4v) is 2.29. The number of amides is 1. The van der Waals surface area contributed by atoms with Crippen molar-refractivity contribution in [1.29, 1.82) is 0 Å². The lowest BCUT2D eigenvalue weighted by molar-refractivity contribution is -0.139. The highest BCUT2D eigenvalue weighted by Crippen LogP contribution is 2.16. The molecular weight excluding hydrogens is 324 g/mol. The number of para-hydroxylation sites is 2. The number of hydrogen-bond donors (Lipinski definition) is 2. The molecular formula is C18H16N2O5. The average molecular weight is 340 g/mol. The highest BCUT2D eigenvalue weighted by atomic mass is 16.5. The van der Waals surface area contributed by atoms with E-state index in [9.17, 15) is 14.7 Å². The van der Waals surface area contributed by atoms with E-state index in [1.807, 2.05) is 24.3 Å². The third kappa shape index (κ3) is 4.35.